The molecule has 214 valence electrons. The quantitative estimate of drug-likeness (QED) is 0.189. The van der Waals surface area contributed by atoms with Gasteiger partial charge >= 0.3 is 12.4 Å². The number of hydrogen-bond acceptors (Lipinski definition) is 5. The topological polar surface area (TPSA) is 88.9 Å². The summed E-state index contributed by atoms with van der Waals surface area (Å²) in [7, 11) is 0. The smallest absolute Gasteiger partial charge is 0.345 e. The number of para-hydroxylation sites is 1. The minimum Gasteiger partial charge on any atom is -0.345 e. The van der Waals surface area contributed by atoms with E-state index < -0.39 is 52.6 Å². The summed E-state index contributed by atoms with van der Waals surface area (Å²) in [5, 5.41) is 12.4. The Morgan fingerprint density at radius 3 is 2.29 bits per heavy atom. The molecule has 1 heterocycles. The Balaban J connectivity index is 1.58. The Kier molecular flexibility index (Phi) is 8.66. The zero-order chi connectivity index (χ0) is 29.8. The summed E-state index contributed by atoms with van der Waals surface area (Å²) in [6, 6.07) is 13.3. The van der Waals surface area contributed by atoms with Crippen LogP contribution in [0.1, 0.15) is 27.3 Å². The van der Waals surface area contributed by atoms with Gasteiger partial charge in [-0.2, -0.15) is 26.3 Å². The van der Waals surface area contributed by atoms with Gasteiger partial charge in [0.1, 0.15) is 5.82 Å². The third-order valence-electron chi connectivity index (χ3n) is 5.46. The zero-order valence-corrected chi connectivity index (χ0v) is 21.4. The number of halogens is 7. The van der Waals surface area contributed by atoms with Crippen LogP contribution in [-0.4, -0.2) is 32.3 Å². The Bertz CT molecular complexity index is 1570. The van der Waals surface area contributed by atoms with Crippen molar-refractivity contribution in [2.24, 2.45) is 0 Å². The van der Waals surface area contributed by atoms with Gasteiger partial charge < -0.3 is 10.6 Å². The second-order valence-corrected chi connectivity index (χ2v) is 9.30. The highest BCUT2D eigenvalue weighted by Gasteiger charge is 2.34. The van der Waals surface area contributed by atoms with E-state index in [2.05, 4.69) is 20.8 Å². The Morgan fingerprint density at radius 1 is 0.854 bits per heavy atom. The van der Waals surface area contributed by atoms with Gasteiger partial charge in [-0.3, -0.25) is 14.2 Å². The number of thioether (sulfide) groups is 1. The van der Waals surface area contributed by atoms with Crippen molar-refractivity contribution in [3.63, 3.8) is 0 Å². The fourth-order valence-corrected chi connectivity index (χ4v) is 4.41. The molecule has 1 aromatic heterocycles. The normalized spacial score (nSPS) is 11.8. The Labute approximate surface area is 231 Å². The molecule has 0 aliphatic heterocycles. The second-order valence-electron chi connectivity index (χ2n) is 8.36. The molecule has 15 heteroatoms. The maximum atomic E-state index is 13.5. The van der Waals surface area contributed by atoms with E-state index >= 15 is 0 Å². The van der Waals surface area contributed by atoms with Crippen LogP contribution >= 0.6 is 11.8 Å². The zero-order valence-electron chi connectivity index (χ0n) is 20.6. The standard InChI is InChI=1S/C26H18F7N5O2S/c27-17-7-3-5-15(11-17)23(40)34-13-21-36-37-24(38(21)18-8-4-6-16(12-18)25(28,29)30)41-14-22(39)35-20-10-2-1-9-19(20)26(31,32)33/h1-12H,13-14H2,(H,34,40)(H,35,39). The lowest BCUT2D eigenvalue weighted by molar-refractivity contribution is -0.138. The maximum absolute atomic E-state index is 13.5. The summed E-state index contributed by atoms with van der Waals surface area (Å²) in [5.41, 5.74) is -2.57. The van der Waals surface area contributed by atoms with Crippen molar-refractivity contribution in [1.82, 2.24) is 20.1 Å². The predicted octanol–water partition coefficient (Wildman–Crippen LogP) is 6.10. The predicted molar refractivity (Wildman–Crippen MR) is 135 cm³/mol. The molecule has 0 aliphatic carbocycles. The molecule has 2 N–H and O–H groups in total. The maximum Gasteiger partial charge on any atom is 0.418 e. The number of hydrogen-bond donors (Lipinski definition) is 2. The minimum atomic E-state index is -4.72. The number of alkyl halides is 6. The first kappa shape index (κ1) is 29.6. The van der Waals surface area contributed by atoms with Crippen LogP contribution in [0.5, 0.6) is 0 Å². The van der Waals surface area contributed by atoms with Crippen molar-refractivity contribution in [3.05, 3.63) is 101 Å². The van der Waals surface area contributed by atoms with Crippen LogP contribution in [0.3, 0.4) is 0 Å². The fraction of sp³-hybridized carbons (Fsp3) is 0.154. The molecule has 0 bridgehead atoms. The van der Waals surface area contributed by atoms with Crippen LogP contribution in [0, 0.1) is 5.82 Å². The molecular weight excluding hydrogens is 579 g/mol. The summed E-state index contributed by atoms with van der Waals surface area (Å²) in [6.07, 6.45) is -9.40. The van der Waals surface area contributed by atoms with Gasteiger partial charge in [-0.1, -0.05) is 36.0 Å². The van der Waals surface area contributed by atoms with Gasteiger partial charge in [-0.25, -0.2) is 4.39 Å². The van der Waals surface area contributed by atoms with E-state index in [0.29, 0.717) is 11.8 Å². The molecule has 0 aliphatic rings. The van der Waals surface area contributed by atoms with E-state index in [-0.39, 0.29) is 28.8 Å². The van der Waals surface area contributed by atoms with E-state index in [1.54, 1.807) is 0 Å². The molecule has 4 aromatic rings. The SMILES string of the molecule is O=C(CSc1nnc(CNC(=O)c2cccc(F)c2)n1-c1cccc(C(F)(F)F)c1)Nc1ccccc1C(F)(F)F. The van der Waals surface area contributed by atoms with Gasteiger partial charge in [0.25, 0.3) is 5.91 Å². The van der Waals surface area contributed by atoms with Crippen molar-refractivity contribution in [2.75, 3.05) is 11.1 Å². The highest BCUT2D eigenvalue weighted by Crippen LogP contribution is 2.35. The molecule has 0 saturated heterocycles. The molecule has 4 rings (SSSR count). The van der Waals surface area contributed by atoms with Gasteiger partial charge in [-0.05, 0) is 48.5 Å². The van der Waals surface area contributed by atoms with Crippen molar-refractivity contribution in [1.29, 1.82) is 0 Å². The van der Waals surface area contributed by atoms with Gasteiger partial charge in [-0.15, -0.1) is 10.2 Å². The molecule has 0 unspecified atom stereocenters. The number of carbonyl (C=O) groups is 2. The number of anilines is 1. The molecular formula is C26H18F7N5O2S. The summed E-state index contributed by atoms with van der Waals surface area (Å²) in [4.78, 5) is 25.0. The lowest BCUT2D eigenvalue weighted by Crippen LogP contribution is -2.25. The fourth-order valence-electron chi connectivity index (χ4n) is 3.64. The summed E-state index contributed by atoms with van der Waals surface area (Å²) in [6.45, 7) is -0.343. The molecule has 2 amide bonds. The molecule has 41 heavy (non-hydrogen) atoms. The molecule has 0 spiro atoms. The number of amides is 2. The lowest BCUT2D eigenvalue weighted by atomic mass is 10.1. The van der Waals surface area contributed by atoms with Crippen LogP contribution in [0.2, 0.25) is 0 Å². The van der Waals surface area contributed by atoms with Gasteiger partial charge in [0, 0.05) is 5.56 Å². The number of carbonyl (C=O) groups excluding carboxylic acids is 2. The monoisotopic (exact) mass is 597 g/mol. The molecule has 0 radical (unpaired) electrons. The van der Waals surface area contributed by atoms with Crippen molar-refractivity contribution in [3.8, 4) is 5.69 Å². The number of nitrogens with one attached hydrogen (secondary N) is 2. The third-order valence-corrected chi connectivity index (χ3v) is 6.39. The first-order valence-electron chi connectivity index (χ1n) is 11.6. The molecule has 3 aromatic carbocycles. The number of rotatable bonds is 8. The van der Waals surface area contributed by atoms with E-state index in [1.165, 1.54) is 34.9 Å². The number of benzene rings is 3. The van der Waals surface area contributed by atoms with Crippen LogP contribution in [-0.2, 0) is 23.7 Å². The van der Waals surface area contributed by atoms with Crippen LogP contribution in [0.25, 0.3) is 5.69 Å². The van der Waals surface area contributed by atoms with Crippen molar-refractivity contribution >= 4 is 29.3 Å². The third kappa shape index (κ3) is 7.42. The highest BCUT2D eigenvalue weighted by molar-refractivity contribution is 7.99. The first-order valence-corrected chi connectivity index (χ1v) is 12.6. The molecule has 7 nitrogen and oxygen atoms in total. The van der Waals surface area contributed by atoms with E-state index in [4.69, 9.17) is 0 Å². The summed E-state index contributed by atoms with van der Waals surface area (Å²) in [5.74, 6) is -2.69. The summed E-state index contributed by atoms with van der Waals surface area (Å²) < 4.78 is 94.6. The highest BCUT2D eigenvalue weighted by atomic mass is 32.2. The van der Waals surface area contributed by atoms with Crippen LogP contribution in [0.4, 0.5) is 36.4 Å². The average molecular weight is 598 g/mol. The Hall–Kier alpha value is -4.40. The number of nitrogens with zero attached hydrogens (tertiary/aromatic N) is 3. The van der Waals surface area contributed by atoms with Crippen LogP contribution < -0.4 is 10.6 Å². The second kappa shape index (κ2) is 12.0. The van der Waals surface area contributed by atoms with Crippen LogP contribution in [0.15, 0.2) is 78.0 Å². The van der Waals surface area contributed by atoms with E-state index in [0.717, 1.165) is 42.5 Å². The van der Waals surface area contributed by atoms with Gasteiger partial charge in [0.05, 0.1) is 34.8 Å². The van der Waals surface area contributed by atoms with Crippen molar-refractivity contribution < 1.29 is 40.3 Å². The van der Waals surface area contributed by atoms with Gasteiger partial charge in [0.2, 0.25) is 5.91 Å². The summed E-state index contributed by atoms with van der Waals surface area (Å²) >= 11 is 0.702. The average Bonchev–Trinajstić information content (AvgIpc) is 3.32. The first-order chi connectivity index (χ1) is 19.3. The van der Waals surface area contributed by atoms with E-state index in [1.807, 2.05) is 0 Å². The minimum absolute atomic E-state index is 0.0134. The number of aromatic nitrogens is 3. The van der Waals surface area contributed by atoms with Gasteiger partial charge in [0.15, 0.2) is 11.0 Å². The van der Waals surface area contributed by atoms with Crippen molar-refractivity contribution in [2.45, 2.75) is 24.1 Å². The Morgan fingerprint density at radius 2 is 1.59 bits per heavy atom. The lowest BCUT2D eigenvalue weighted by Gasteiger charge is -2.14. The van der Waals surface area contributed by atoms with E-state index in [9.17, 15) is 40.3 Å². The molecule has 0 fully saturated rings. The molecule has 0 saturated carbocycles. The molecule has 0 atom stereocenters. The largest absolute Gasteiger partial charge is 0.418 e.